The van der Waals surface area contributed by atoms with E-state index >= 15 is 0 Å². The first kappa shape index (κ1) is 12.3. The van der Waals surface area contributed by atoms with Crippen molar-refractivity contribution in [2.45, 2.75) is 17.7 Å². The van der Waals surface area contributed by atoms with Gasteiger partial charge in [-0.2, -0.15) is 8.78 Å². The molecule has 0 atom stereocenters. The van der Waals surface area contributed by atoms with Gasteiger partial charge in [0.1, 0.15) is 0 Å². The molecule has 0 fully saturated rings. The predicted octanol–water partition coefficient (Wildman–Crippen LogP) is 2.40. The highest BCUT2D eigenvalue weighted by molar-refractivity contribution is 7.93. The second kappa shape index (κ2) is 4.80. The number of allylic oxidation sites excluding steroid dienone is 1. The van der Waals surface area contributed by atoms with Crippen molar-refractivity contribution in [3.8, 4) is 0 Å². The average molecular weight is 253 g/mol. The highest BCUT2D eigenvalue weighted by Crippen LogP contribution is 2.19. The van der Waals surface area contributed by atoms with Gasteiger partial charge in [0.25, 0.3) is 6.08 Å². The number of nitrogens with zero attached hydrogens (tertiary/aromatic N) is 1. The van der Waals surface area contributed by atoms with Crippen LogP contribution >= 0.6 is 11.3 Å². The summed E-state index contributed by atoms with van der Waals surface area (Å²) < 4.78 is 46.3. The van der Waals surface area contributed by atoms with E-state index in [1.54, 1.807) is 6.92 Å². The number of hydrogen-bond acceptors (Lipinski definition) is 4. The normalized spacial score (nSPS) is 11.4. The van der Waals surface area contributed by atoms with Crippen molar-refractivity contribution in [1.29, 1.82) is 0 Å². The van der Waals surface area contributed by atoms with Gasteiger partial charge in [-0.25, -0.2) is 13.4 Å². The lowest BCUT2D eigenvalue weighted by Crippen LogP contribution is -2.05. The van der Waals surface area contributed by atoms with E-state index in [1.807, 2.05) is 0 Å². The fourth-order valence-corrected chi connectivity index (χ4v) is 3.34. The van der Waals surface area contributed by atoms with E-state index in [9.17, 15) is 17.2 Å². The zero-order chi connectivity index (χ0) is 11.5. The molecule has 7 heteroatoms. The molecule has 0 unspecified atom stereocenters. The molecule has 1 aromatic rings. The summed E-state index contributed by atoms with van der Waals surface area (Å²) in [6.07, 6.45) is -0.00901. The maximum Gasteiger partial charge on any atom is 0.266 e. The molecule has 0 aromatic carbocycles. The third-order valence-corrected chi connectivity index (χ3v) is 4.68. The molecule has 0 saturated carbocycles. The number of aryl methyl sites for hydroxylation is 1. The fraction of sp³-hybridized carbons (Fsp3) is 0.375. The first-order valence-corrected chi connectivity index (χ1v) is 6.55. The third-order valence-electron chi connectivity index (χ3n) is 1.55. The second-order valence-corrected chi connectivity index (χ2v) is 6.36. The van der Waals surface area contributed by atoms with Gasteiger partial charge in [-0.15, -0.1) is 11.3 Å². The van der Waals surface area contributed by atoms with Gasteiger partial charge in [0.2, 0.25) is 14.2 Å². The summed E-state index contributed by atoms with van der Waals surface area (Å²) in [7, 11) is -3.51. The summed E-state index contributed by atoms with van der Waals surface area (Å²) in [5, 5.41) is 0. The summed E-state index contributed by atoms with van der Waals surface area (Å²) in [4.78, 5) is 4.49. The molecule has 0 aliphatic rings. The van der Waals surface area contributed by atoms with Crippen LogP contribution in [0.3, 0.4) is 0 Å². The Morgan fingerprint density at radius 3 is 2.73 bits per heavy atom. The second-order valence-electron chi connectivity index (χ2n) is 2.84. The first-order valence-electron chi connectivity index (χ1n) is 4.08. The zero-order valence-corrected chi connectivity index (χ0v) is 9.54. The topological polar surface area (TPSA) is 47.0 Å². The minimum atomic E-state index is -3.51. The van der Waals surface area contributed by atoms with Crippen LogP contribution in [0.2, 0.25) is 0 Å². The Kier molecular flexibility index (Phi) is 3.92. The molecule has 84 valence electrons. The molecule has 0 amide bonds. The highest BCUT2D eigenvalue weighted by Gasteiger charge is 2.17. The van der Waals surface area contributed by atoms with Crippen LogP contribution in [0.25, 0.3) is 0 Å². The number of rotatable bonds is 4. The standard InChI is InChI=1S/C8H9F2NO2S2/c1-6-5-11-8(14-6)15(12,13)4-2-3-7(9)10/h3,5H,2,4H2,1H3. The van der Waals surface area contributed by atoms with Crippen LogP contribution in [-0.4, -0.2) is 19.2 Å². The predicted molar refractivity (Wildman–Crippen MR) is 53.8 cm³/mol. The molecule has 1 aromatic heterocycles. The zero-order valence-electron chi connectivity index (χ0n) is 7.91. The van der Waals surface area contributed by atoms with Crippen molar-refractivity contribution in [3.05, 3.63) is 23.2 Å². The third kappa shape index (κ3) is 3.67. The molecule has 3 nitrogen and oxygen atoms in total. The van der Waals surface area contributed by atoms with Crippen molar-refractivity contribution in [1.82, 2.24) is 4.98 Å². The average Bonchev–Trinajstić information content (AvgIpc) is 2.51. The first-order chi connectivity index (χ1) is 6.92. The Morgan fingerprint density at radius 1 is 1.60 bits per heavy atom. The van der Waals surface area contributed by atoms with E-state index < -0.39 is 15.9 Å². The summed E-state index contributed by atoms with van der Waals surface area (Å²) in [5.41, 5.74) is 0. The fourth-order valence-electron chi connectivity index (χ4n) is 0.888. The number of hydrogen-bond donors (Lipinski definition) is 0. The van der Waals surface area contributed by atoms with E-state index in [2.05, 4.69) is 4.98 Å². The lowest BCUT2D eigenvalue weighted by Gasteiger charge is -1.96. The maximum absolute atomic E-state index is 11.7. The van der Waals surface area contributed by atoms with Gasteiger partial charge in [-0.05, 0) is 19.4 Å². The molecule has 15 heavy (non-hydrogen) atoms. The van der Waals surface area contributed by atoms with E-state index in [0.29, 0.717) is 6.08 Å². The van der Waals surface area contributed by atoms with Crippen molar-refractivity contribution in [3.63, 3.8) is 0 Å². The Hall–Kier alpha value is -0.820. The van der Waals surface area contributed by atoms with Gasteiger partial charge < -0.3 is 0 Å². The Bertz CT molecular complexity index is 461. The molecule has 0 N–H and O–H groups in total. The Balaban J connectivity index is 2.73. The molecule has 1 rings (SSSR count). The van der Waals surface area contributed by atoms with Crippen LogP contribution < -0.4 is 0 Å². The largest absolute Gasteiger partial charge is 0.266 e. The van der Waals surface area contributed by atoms with Crippen LogP contribution in [-0.2, 0) is 9.84 Å². The van der Waals surface area contributed by atoms with Gasteiger partial charge in [0.15, 0.2) is 0 Å². The molecule has 0 spiro atoms. The van der Waals surface area contributed by atoms with Gasteiger partial charge in [0, 0.05) is 11.1 Å². The van der Waals surface area contributed by atoms with Crippen LogP contribution in [0.1, 0.15) is 11.3 Å². The van der Waals surface area contributed by atoms with Crippen LogP contribution in [0.4, 0.5) is 8.78 Å². The van der Waals surface area contributed by atoms with Crippen molar-refractivity contribution in [2.75, 3.05) is 5.75 Å². The van der Waals surface area contributed by atoms with Crippen molar-refractivity contribution < 1.29 is 17.2 Å². The van der Waals surface area contributed by atoms with Crippen molar-refractivity contribution >= 4 is 21.2 Å². The summed E-state index contributed by atoms with van der Waals surface area (Å²) in [6.45, 7) is 1.73. The van der Waals surface area contributed by atoms with E-state index in [4.69, 9.17) is 0 Å². The molecular formula is C8H9F2NO2S2. The van der Waals surface area contributed by atoms with E-state index in [1.165, 1.54) is 6.20 Å². The van der Waals surface area contributed by atoms with Gasteiger partial charge in [0.05, 0.1) is 5.75 Å². The minimum Gasteiger partial charge on any atom is -0.233 e. The smallest absolute Gasteiger partial charge is 0.233 e. The number of sulfone groups is 1. The lowest BCUT2D eigenvalue weighted by atomic mass is 10.5. The SMILES string of the molecule is Cc1cnc(S(=O)(=O)CCC=C(F)F)s1. The molecule has 0 aliphatic heterocycles. The van der Waals surface area contributed by atoms with Crippen LogP contribution in [0, 0.1) is 6.92 Å². The molecule has 0 saturated heterocycles. The monoisotopic (exact) mass is 253 g/mol. The van der Waals surface area contributed by atoms with E-state index in [-0.39, 0.29) is 16.5 Å². The van der Waals surface area contributed by atoms with Gasteiger partial charge >= 0.3 is 0 Å². The number of halogens is 2. The van der Waals surface area contributed by atoms with Crippen LogP contribution in [0.5, 0.6) is 0 Å². The summed E-state index contributed by atoms with van der Waals surface area (Å²) >= 11 is 1.05. The lowest BCUT2D eigenvalue weighted by molar-refractivity contribution is 0.418. The molecular weight excluding hydrogens is 244 g/mol. The maximum atomic E-state index is 11.7. The quantitative estimate of drug-likeness (QED) is 0.827. The van der Waals surface area contributed by atoms with E-state index in [0.717, 1.165) is 16.2 Å². The highest BCUT2D eigenvalue weighted by atomic mass is 32.2. The molecule has 0 aliphatic carbocycles. The number of thiazole rings is 1. The molecule has 0 bridgehead atoms. The Morgan fingerprint density at radius 2 is 2.27 bits per heavy atom. The molecule has 0 radical (unpaired) electrons. The Labute approximate surface area is 90.4 Å². The number of aromatic nitrogens is 1. The summed E-state index contributed by atoms with van der Waals surface area (Å²) in [5.74, 6) is -0.336. The van der Waals surface area contributed by atoms with Gasteiger partial charge in [-0.1, -0.05) is 0 Å². The summed E-state index contributed by atoms with van der Waals surface area (Å²) in [6, 6.07) is 0. The van der Waals surface area contributed by atoms with Crippen molar-refractivity contribution in [2.24, 2.45) is 0 Å². The molecule has 1 heterocycles. The van der Waals surface area contributed by atoms with Crippen LogP contribution in [0.15, 0.2) is 22.7 Å². The van der Waals surface area contributed by atoms with Gasteiger partial charge in [-0.3, -0.25) is 0 Å². The minimum absolute atomic E-state index is 0.00679.